The van der Waals surface area contributed by atoms with Gasteiger partial charge < -0.3 is 9.47 Å². The lowest BCUT2D eigenvalue weighted by Gasteiger charge is -2.24. The van der Waals surface area contributed by atoms with Gasteiger partial charge in [-0.1, -0.05) is 0 Å². The maximum absolute atomic E-state index is 11.4. The molecule has 0 aromatic carbocycles. The van der Waals surface area contributed by atoms with Crippen LogP contribution >= 0.6 is 0 Å². The van der Waals surface area contributed by atoms with Crippen LogP contribution in [-0.4, -0.2) is 31.0 Å². The van der Waals surface area contributed by atoms with E-state index in [2.05, 4.69) is 0 Å². The van der Waals surface area contributed by atoms with Crippen LogP contribution in [0.15, 0.2) is 0 Å². The van der Waals surface area contributed by atoms with Crippen LogP contribution in [0.2, 0.25) is 5.82 Å². The van der Waals surface area contributed by atoms with Crippen LogP contribution in [0.1, 0.15) is 41.5 Å². The molecule has 0 unspecified atom stereocenters. The molecule has 0 bridgehead atoms. The minimum absolute atomic E-state index is 0.670. The minimum atomic E-state index is -1.39. The largest absolute Gasteiger partial charge is 0.460 e. The summed E-state index contributed by atoms with van der Waals surface area (Å²) in [6.45, 7) is 10.2. The molecule has 0 aromatic rings. The van der Waals surface area contributed by atoms with Gasteiger partial charge >= 0.3 is 11.9 Å². The highest BCUT2D eigenvalue weighted by atomic mass is 16.6. The Morgan fingerprint density at radius 2 is 1.12 bits per heavy atom. The molecule has 0 amide bonds. The molecule has 5 heteroatoms. The van der Waals surface area contributed by atoms with Crippen molar-refractivity contribution in [2.24, 2.45) is 0 Å². The first-order valence-electron chi connectivity index (χ1n) is 5.14. The summed E-state index contributed by atoms with van der Waals surface area (Å²) < 4.78 is 9.94. The fourth-order valence-electron chi connectivity index (χ4n) is 0.827. The van der Waals surface area contributed by atoms with E-state index in [1.54, 1.807) is 41.5 Å². The molecule has 0 heterocycles. The van der Waals surface area contributed by atoms with Crippen molar-refractivity contribution in [3.05, 3.63) is 0 Å². The molecular weight excluding hydrogens is 207 g/mol. The lowest BCUT2D eigenvalue weighted by atomic mass is 9.87. The van der Waals surface area contributed by atoms with Crippen molar-refractivity contribution in [2.45, 2.75) is 58.6 Å². The van der Waals surface area contributed by atoms with Crippen LogP contribution in [0.5, 0.6) is 0 Å². The Morgan fingerprint density at radius 3 is 1.31 bits per heavy atom. The number of carbonyl (C=O) groups is 2. The Hall–Kier alpha value is -0.995. The van der Waals surface area contributed by atoms with Crippen LogP contribution in [0.3, 0.4) is 0 Å². The summed E-state index contributed by atoms with van der Waals surface area (Å²) in [5.74, 6) is -2.94. The molecule has 4 nitrogen and oxygen atoms in total. The highest BCUT2D eigenvalue weighted by Crippen LogP contribution is 2.17. The number of esters is 2. The normalized spacial score (nSPS) is 12.4. The van der Waals surface area contributed by atoms with E-state index in [4.69, 9.17) is 17.3 Å². The number of rotatable bonds is 2. The van der Waals surface area contributed by atoms with Gasteiger partial charge in [0, 0.05) is 0 Å². The van der Waals surface area contributed by atoms with Gasteiger partial charge in [0.25, 0.3) is 0 Å². The minimum Gasteiger partial charge on any atom is -0.460 e. The second kappa shape index (κ2) is 4.89. The lowest BCUT2D eigenvalue weighted by Crippen LogP contribution is -2.33. The topological polar surface area (TPSA) is 52.6 Å². The zero-order valence-corrected chi connectivity index (χ0v) is 10.8. The monoisotopic (exact) mass is 226 g/mol. The number of hydrogen-bond donors (Lipinski definition) is 0. The van der Waals surface area contributed by atoms with Gasteiger partial charge in [0.2, 0.25) is 0 Å². The van der Waals surface area contributed by atoms with E-state index in [0.29, 0.717) is 0 Å². The molecule has 0 fully saturated rings. The molecular formula is C11H19BO4. The molecule has 0 aliphatic heterocycles. The summed E-state index contributed by atoms with van der Waals surface area (Å²) >= 11 is 0. The molecule has 0 atom stereocenters. The zero-order chi connectivity index (χ0) is 13.1. The molecule has 0 rings (SSSR count). The Morgan fingerprint density at radius 1 is 0.875 bits per heavy atom. The van der Waals surface area contributed by atoms with Gasteiger partial charge in [0.1, 0.15) is 24.9 Å². The van der Waals surface area contributed by atoms with E-state index in [-0.39, 0.29) is 0 Å². The van der Waals surface area contributed by atoms with Crippen molar-refractivity contribution < 1.29 is 19.1 Å². The Labute approximate surface area is 98.1 Å². The van der Waals surface area contributed by atoms with E-state index in [0.717, 1.165) is 0 Å². The second-order valence-corrected chi connectivity index (χ2v) is 5.54. The van der Waals surface area contributed by atoms with Gasteiger partial charge in [-0.15, -0.1) is 0 Å². The van der Waals surface area contributed by atoms with Crippen molar-refractivity contribution in [1.82, 2.24) is 0 Å². The molecule has 0 N–H and O–H groups in total. The van der Waals surface area contributed by atoms with Crippen molar-refractivity contribution >= 4 is 19.8 Å². The maximum atomic E-state index is 11.4. The summed E-state index contributed by atoms with van der Waals surface area (Å²) in [6, 6.07) is 0. The predicted molar refractivity (Wildman–Crippen MR) is 61.2 cm³/mol. The molecule has 16 heavy (non-hydrogen) atoms. The van der Waals surface area contributed by atoms with Crippen LogP contribution in [0.25, 0.3) is 0 Å². The predicted octanol–water partition coefficient (Wildman–Crippen LogP) is 1.63. The Kier molecular flexibility index (Phi) is 4.59. The van der Waals surface area contributed by atoms with Gasteiger partial charge in [-0.05, 0) is 41.5 Å². The van der Waals surface area contributed by atoms with E-state index in [9.17, 15) is 9.59 Å². The SMILES string of the molecule is [B]C(C(=O)OC(C)(C)C)C(=O)OC(C)(C)C. The van der Waals surface area contributed by atoms with E-state index >= 15 is 0 Å². The standard InChI is InChI=1S/C11H19BO4/c1-10(2,3)15-8(13)7(12)9(14)16-11(4,5)6/h7H,1-6H3. The maximum Gasteiger partial charge on any atom is 0.311 e. The highest BCUT2D eigenvalue weighted by molar-refractivity contribution is 6.34. The third-order valence-corrected chi connectivity index (χ3v) is 1.32. The first-order chi connectivity index (χ1) is 6.92. The summed E-state index contributed by atoms with van der Waals surface area (Å²) in [5, 5.41) is 0. The van der Waals surface area contributed by atoms with E-state index in [1.165, 1.54) is 0 Å². The van der Waals surface area contributed by atoms with Gasteiger partial charge in [-0.25, -0.2) is 0 Å². The first-order valence-corrected chi connectivity index (χ1v) is 5.14. The molecule has 0 aromatic heterocycles. The molecule has 90 valence electrons. The average molecular weight is 226 g/mol. The molecule has 0 aliphatic carbocycles. The molecule has 0 aliphatic rings. The van der Waals surface area contributed by atoms with Gasteiger partial charge in [-0.3, -0.25) is 9.59 Å². The van der Waals surface area contributed by atoms with Crippen molar-refractivity contribution in [2.75, 3.05) is 0 Å². The van der Waals surface area contributed by atoms with Crippen LogP contribution in [0.4, 0.5) is 0 Å². The Balaban J connectivity index is 4.40. The summed E-state index contributed by atoms with van der Waals surface area (Å²) in [5.41, 5.74) is -1.34. The third-order valence-electron chi connectivity index (χ3n) is 1.32. The average Bonchev–Trinajstić information content (AvgIpc) is 1.96. The Bertz CT molecular complexity index is 245. The number of hydrogen-bond acceptors (Lipinski definition) is 4. The summed E-state index contributed by atoms with van der Waals surface area (Å²) in [4.78, 5) is 22.9. The quantitative estimate of drug-likeness (QED) is 0.408. The van der Waals surface area contributed by atoms with Crippen LogP contribution < -0.4 is 0 Å². The number of ether oxygens (including phenoxy) is 2. The van der Waals surface area contributed by atoms with E-state index in [1.807, 2.05) is 0 Å². The molecule has 0 saturated heterocycles. The van der Waals surface area contributed by atoms with Gasteiger partial charge in [-0.2, -0.15) is 0 Å². The fraction of sp³-hybridized carbons (Fsp3) is 0.818. The summed E-state index contributed by atoms with van der Waals surface area (Å²) in [7, 11) is 5.43. The van der Waals surface area contributed by atoms with Gasteiger partial charge in [0.15, 0.2) is 0 Å². The van der Waals surface area contributed by atoms with E-state index < -0.39 is 29.0 Å². The van der Waals surface area contributed by atoms with Gasteiger partial charge in [0.05, 0.1) is 0 Å². The van der Waals surface area contributed by atoms with Crippen molar-refractivity contribution in [1.29, 1.82) is 0 Å². The third kappa shape index (κ3) is 6.48. The van der Waals surface area contributed by atoms with Crippen LogP contribution in [0, 0.1) is 0 Å². The first kappa shape index (κ1) is 15.0. The molecule has 2 radical (unpaired) electrons. The van der Waals surface area contributed by atoms with Crippen LogP contribution in [-0.2, 0) is 19.1 Å². The lowest BCUT2D eigenvalue weighted by molar-refractivity contribution is -0.166. The summed E-state index contributed by atoms with van der Waals surface area (Å²) in [6.07, 6.45) is 0. The highest BCUT2D eigenvalue weighted by Gasteiger charge is 2.30. The smallest absolute Gasteiger partial charge is 0.311 e. The van der Waals surface area contributed by atoms with Crippen molar-refractivity contribution in [3.63, 3.8) is 0 Å². The number of carbonyl (C=O) groups excluding carboxylic acids is 2. The van der Waals surface area contributed by atoms with Crippen molar-refractivity contribution in [3.8, 4) is 0 Å². The zero-order valence-electron chi connectivity index (χ0n) is 10.8. The second-order valence-electron chi connectivity index (χ2n) is 5.54. The molecule has 0 spiro atoms. The fourth-order valence-corrected chi connectivity index (χ4v) is 0.827. The molecule has 0 saturated carbocycles.